The lowest BCUT2D eigenvalue weighted by Crippen LogP contribution is -2.15. The molecule has 2 aromatic rings. The van der Waals surface area contributed by atoms with Crippen LogP contribution in [-0.4, -0.2) is 15.4 Å². The molecule has 0 bridgehead atoms. The Kier molecular flexibility index (Phi) is 4.41. The van der Waals surface area contributed by atoms with Crippen molar-refractivity contribution < 1.29 is 4.39 Å². The van der Waals surface area contributed by atoms with E-state index in [-0.39, 0.29) is 5.02 Å². The molecular formula is C16H19Cl2FN2. The van der Waals surface area contributed by atoms with E-state index in [1.807, 2.05) is 0 Å². The standard InChI is InChI=1S/C16H19Cl2FN2/c1-10-3-2-4-11(10)9-21-15-7-12(18)13(19)8-14(15)20-16(21)5-6-17/h7-8,10-11H,2-6,9H2,1H3. The number of halogens is 3. The van der Waals surface area contributed by atoms with Gasteiger partial charge >= 0.3 is 0 Å². The Morgan fingerprint density at radius 1 is 1.38 bits per heavy atom. The maximum Gasteiger partial charge on any atom is 0.144 e. The highest BCUT2D eigenvalue weighted by atomic mass is 35.5. The summed E-state index contributed by atoms with van der Waals surface area (Å²) in [5.74, 6) is 2.41. The smallest absolute Gasteiger partial charge is 0.144 e. The lowest BCUT2D eigenvalue weighted by molar-refractivity contribution is 0.363. The van der Waals surface area contributed by atoms with Gasteiger partial charge in [0, 0.05) is 24.9 Å². The van der Waals surface area contributed by atoms with Gasteiger partial charge in [0.15, 0.2) is 0 Å². The average molecular weight is 329 g/mol. The van der Waals surface area contributed by atoms with E-state index >= 15 is 0 Å². The zero-order valence-electron chi connectivity index (χ0n) is 12.1. The van der Waals surface area contributed by atoms with Gasteiger partial charge in [0.05, 0.1) is 16.1 Å². The number of aryl methyl sites for hydroxylation is 1. The van der Waals surface area contributed by atoms with Crippen molar-refractivity contribution in [1.29, 1.82) is 0 Å². The first-order chi connectivity index (χ1) is 10.1. The molecule has 0 amide bonds. The highest BCUT2D eigenvalue weighted by molar-refractivity contribution is 6.31. The van der Waals surface area contributed by atoms with Crippen LogP contribution in [0.5, 0.6) is 0 Å². The first-order valence-electron chi connectivity index (χ1n) is 7.50. The highest BCUT2D eigenvalue weighted by Crippen LogP contribution is 2.34. The second kappa shape index (κ2) is 6.13. The second-order valence-corrected chi connectivity index (χ2v) is 6.79. The molecule has 0 radical (unpaired) electrons. The summed E-state index contributed by atoms with van der Waals surface area (Å²) in [4.78, 5) is 4.55. The van der Waals surface area contributed by atoms with E-state index in [1.54, 1.807) is 6.07 Å². The second-order valence-electron chi connectivity index (χ2n) is 6.00. The van der Waals surface area contributed by atoms with Crippen LogP contribution in [0, 0.1) is 17.7 Å². The van der Waals surface area contributed by atoms with Crippen molar-refractivity contribution in [3.05, 3.63) is 28.8 Å². The maximum atomic E-state index is 13.6. The fourth-order valence-corrected chi connectivity index (χ4v) is 3.70. The Bertz CT molecular complexity index is 653. The summed E-state index contributed by atoms with van der Waals surface area (Å²) in [7, 11) is 0. The van der Waals surface area contributed by atoms with E-state index in [2.05, 4.69) is 16.5 Å². The van der Waals surface area contributed by atoms with Gasteiger partial charge in [0.25, 0.3) is 0 Å². The normalized spacial score (nSPS) is 22.3. The van der Waals surface area contributed by atoms with Crippen molar-refractivity contribution >= 4 is 34.2 Å². The summed E-state index contributed by atoms with van der Waals surface area (Å²) in [6.45, 7) is 3.23. The van der Waals surface area contributed by atoms with E-state index in [1.165, 1.54) is 25.3 Å². The van der Waals surface area contributed by atoms with Crippen LogP contribution in [0.2, 0.25) is 5.02 Å². The molecule has 114 valence electrons. The van der Waals surface area contributed by atoms with Crippen molar-refractivity contribution in [2.24, 2.45) is 11.8 Å². The molecule has 1 aromatic carbocycles. The molecule has 1 fully saturated rings. The van der Waals surface area contributed by atoms with E-state index in [0.29, 0.717) is 23.7 Å². The van der Waals surface area contributed by atoms with Gasteiger partial charge in [-0.05, 0) is 24.3 Å². The van der Waals surface area contributed by atoms with Gasteiger partial charge < -0.3 is 4.57 Å². The predicted molar refractivity (Wildman–Crippen MR) is 85.6 cm³/mol. The molecule has 1 aliphatic carbocycles. The number of fused-ring (bicyclic) bond motifs is 1. The molecule has 0 aliphatic heterocycles. The summed E-state index contributed by atoms with van der Waals surface area (Å²) in [6, 6.07) is 3.11. The number of rotatable bonds is 4. The molecular weight excluding hydrogens is 310 g/mol. The molecule has 1 saturated carbocycles. The zero-order valence-corrected chi connectivity index (χ0v) is 13.6. The Morgan fingerprint density at radius 2 is 2.19 bits per heavy atom. The highest BCUT2D eigenvalue weighted by Gasteiger charge is 2.25. The molecule has 5 heteroatoms. The van der Waals surface area contributed by atoms with Crippen molar-refractivity contribution in [2.45, 2.75) is 39.2 Å². The number of benzene rings is 1. The molecule has 1 aliphatic rings. The van der Waals surface area contributed by atoms with Crippen molar-refractivity contribution in [3.63, 3.8) is 0 Å². The fourth-order valence-electron chi connectivity index (χ4n) is 3.38. The third-order valence-corrected chi connectivity index (χ3v) is 5.12. The van der Waals surface area contributed by atoms with Gasteiger partial charge in [-0.15, -0.1) is 11.6 Å². The van der Waals surface area contributed by atoms with Crippen LogP contribution in [0.3, 0.4) is 0 Å². The number of nitrogens with zero attached hydrogens (tertiary/aromatic N) is 2. The molecule has 1 heterocycles. The molecule has 0 saturated heterocycles. The van der Waals surface area contributed by atoms with E-state index in [9.17, 15) is 4.39 Å². The number of alkyl halides is 1. The summed E-state index contributed by atoms with van der Waals surface area (Å²) in [5, 5.41) is 0.153. The number of imidazole rings is 1. The Hall–Kier alpha value is -0.800. The summed E-state index contributed by atoms with van der Waals surface area (Å²) in [6.07, 6.45) is 4.52. The Morgan fingerprint density at radius 3 is 2.86 bits per heavy atom. The van der Waals surface area contributed by atoms with Crippen LogP contribution < -0.4 is 0 Å². The average Bonchev–Trinajstić information content (AvgIpc) is 2.98. The predicted octanol–water partition coefficient (Wildman–Crippen LogP) is 5.05. The maximum absolute atomic E-state index is 13.6. The summed E-state index contributed by atoms with van der Waals surface area (Å²) >= 11 is 11.8. The molecule has 1 aromatic heterocycles. The third kappa shape index (κ3) is 2.91. The van der Waals surface area contributed by atoms with Gasteiger partial charge in [0.2, 0.25) is 0 Å². The quantitative estimate of drug-likeness (QED) is 0.718. The third-order valence-electron chi connectivity index (χ3n) is 4.64. The molecule has 2 atom stereocenters. The fraction of sp³-hybridized carbons (Fsp3) is 0.562. The summed E-state index contributed by atoms with van der Waals surface area (Å²) in [5.41, 5.74) is 1.59. The lowest BCUT2D eigenvalue weighted by atomic mass is 9.98. The van der Waals surface area contributed by atoms with Crippen LogP contribution in [0.25, 0.3) is 11.0 Å². The van der Waals surface area contributed by atoms with Crippen LogP contribution in [0.1, 0.15) is 32.0 Å². The van der Waals surface area contributed by atoms with Gasteiger partial charge in [-0.3, -0.25) is 0 Å². The van der Waals surface area contributed by atoms with Crippen molar-refractivity contribution in [3.8, 4) is 0 Å². The molecule has 0 N–H and O–H groups in total. The van der Waals surface area contributed by atoms with Crippen LogP contribution in [0.4, 0.5) is 4.39 Å². The number of aromatic nitrogens is 2. The molecule has 0 spiro atoms. The van der Waals surface area contributed by atoms with E-state index in [4.69, 9.17) is 23.2 Å². The van der Waals surface area contributed by atoms with Crippen LogP contribution >= 0.6 is 23.2 Å². The first kappa shape index (κ1) is 15.1. The minimum absolute atomic E-state index is 0.153. The molecule has 2 nitrogen and oxygen atoms in total. The minimum atomic E-state index is -0.416. The molecule has 21 heavy (non-hydrogen) atoms. The van der Waals surface area contributed by atoms with Crippen LogP contribution in [0.15, 0.2) is 12.1 Å². The molecule has 2 unspecified atom stereocenters. The van der Waals surface area contributed by atoms with E-state index < -0.39 is 5.82 Å². The van der Waals surface area contributed by atoms with Gasteiger partial charge in [-0.2, -0.15) is 0 Å². The monoisotopic (exact) mass is 328 g/mol. The number of hydrogen-bond acceptors (Lipinski definition) is 1. The topological polar surface area (TPSA) is 17.8 Å². The lowest BCUT2D eigenvalue weighted by Gasteiger charge is -2.18. The van der Waals surface area contributed by atoms with Crippen LogP contribution in [-0.2, 0) is 13.0 Å². The van der Waals surface area contributed by atoms with E-state index in [0.717, 1.165) is 23.8 Å². The van der Waals surface area contributed by atoms with Crippen molar-refractivity contribution in [2.75, 3.05) is 5.88 Å². The van der Waals surface area contributed by atoms with Gasteiger partial charge in [-0.1, -0.05) is 31.4 Å². The first-order valence-corrected chi connectivity index (χ1v) is 8.41. The van der Waals surface area contributed by atoms with Gasteiger partial charge in [0.1, 0.15) is 11.6 Å². The largest absolute Gasteiger partial charge is 0.328 e. The van der Waals surface area contributed by atoms with Gasteiger partial charge in [-0.25, -0.2) is 9.37 Å². The Balaban J connectivity index is 2.04. The zero-order chi connectivity index (χ0) is 15.0. The SMILES string of the molecule is CC1CCCC1Cn1c(CCCl)nc2cc(F)c(Cl)cc21. The minimum Gasteiger partial charge on any atom is -0.328 e. The number of hydrogen-bond donors (Lipinski definition) is 0. The Labute approximate surface area is 134 Å². The summed E-state index contributed by atoms with van der Waals surface area (Å²) < 4.78 is 15.8. The van der Waals surface area contributed by atoms with Crippen molar-refractivity contribution in [1.82, 2.24) is 9.55 Å². The molecule has 3 rings (SSSR count).